The largest absolute Gasteiger partial charge is 0.243 e. The standard InChI is InChI=1S/2C21H21NO2S/c2*1-18-12-14-21(15-13-18)25(23,24)22(16-19-8-4-2-5-9-19)17-20-10-6-3-7-11-20/h2*2-15H,16-17H2,1H3. The Kier molecular flexibility index (Phi) is 12.5. The van der Waals surface area contributed by atoms with Gasteiger partial charge >= 0.3 is 0 Å². The molecule has 6 nitrogen and oxygen atoms in total. The van der Waals surface area contributed by atoms with E-state index in [-0.39, 0.29) is 0 Å². The van der Waals surface area contributed by atoms with E-state index in [1.807, 2.05) is 159 Å². The van der Waals surface area contributed by atoms with Crippen molar-refractivity contribution in [3.8, 4) is 0 Å². The minimum absolute atomic E-state index is 0.324. The fourth-order valence-electron chi connectivity index (χ4n) is 5.32. The predicted molar refractivity (Wildman–Crippen MR) is 201 cm³/mol. The summed E-state index contributed by atoms with van der Waals surface area (Å²) in [5.74, 6) is 0. The topological polar surface area (TPSA) is 74.8 Å². The van der Waals surface area contributed by atoms with E-state index in [4.69, 9.17) is 0 Å². The molecule has 0 bridgehead atoms. The summed E-state index contributed by atoms with van der Waals surface area (Å²) < 4.78 is 55.8. The van der Waals surface area contributed by atoms with Gasteiger partial charge in [0.25, 0.3) is 0 Å². The molecule has 6 rings (SSSR count). The van der Waals surface area contributed by atoms with Crippen molar-refractivity contribution in [1.29, 1.82) is 0 Å². The summed E-state index contributed by atoms with van der Waals surface area (Å²) in [6.07, 6.45) is 0. The Balaban J connectivity index is 0.000000194. The van der Waals surface area contributed by atoms with Gasteiger partial charge in [-0.25, -0.2) is 16.8 Å². The first-order chi connectivity index (χ1) is 24.1. The second-order valence-electron chi connectivity index (χ2n) is 12.1. The molecule has 6 aromatic carbocycles. The molecule has 0 aromatic heterocycles. The van der Waals surface area contributed by atoms with Gasteiger partial charge in [-0.05, 0) is 60.4 Å². The van der Waals surface area contributed by atoms with Gasteiger partial charge < -0.3 is 0 Å². The molecule has 0 heterocycles. The van der Waals surface area contributed by atoms with Crippen LogP contribution in [0.5, 0.6) is 0 Å². The number of nitrogens with zero attached hydrogens (tertiary/aromatic N) is 2. The highest BCUT2D eigenvalue weighted by Crippen LogP contribution is 2.23. The van der Waals surface area contributed by atoms with Gasteiger partial charge in [-0.2, -0.15) is 8.61 Å². The molecule has 0 atom stereocenters. The maximum atomic E-state index is 13.2. The molecule has 0 radical (unpaired) electrons. The average Bonchev–Trinajstić information content (AvgIpc) is 3.13. The van der Waals surface area contributed by atoms with Crippen molar-refractivity contribution in [2.45, 2.75) is 49.8 Å². The van der Waals surface area contributed by atoms with E-state index >= 15 is 0 Å². The van der Waals surface area contributed by atoms with Gasteiger partial charge in [0.05, 0.1) is 9.79 Å². The van der Waals surface area contributed by atoms with E-state index in [1.54, 1.807) is 24.3 Å². The summed E-state index contributed by atoms with van der Waals surface area (Å²) in [4.78, 5) is 0.648. The molecule has 8 heteroatoms. The summed E-state index contributed by atoms with van der Waals surface area (Å²) in [7, 11) is -7.16. The Labute approximate surface area is 297 Å². The van der Waals surface area contributed by atoms with Crippen LogP contribution in [0.2, 0.25) is 0 Å². The van der Waals surface area contributed by atoms with Crippen LogP contribution < -0.4 is 0 Å². The maximum absolute atomic E-state index is 13.2. The molecule has 0 fully saturated rings. The van der Waals surface area contributed by atoms with Crippen LogP contribution in [0.1, 0.15) is 33.4 Å². The third kappa shape index (κ3) is 10.1. The highest BCUT2D eigenvalue weighted by atomic mass is 32.2. The van der Waals surface area contributed by atoms with Crippen molar-refractivity contribution >= 4 is 20.0 Å². The van der Waals surface area contributed by atoms with Gasteiger partial charge in [0.15, 0.2) is 0 Å². The summed E-state index contributed by atoms with van der Waals surface area (Å²) in [6.45, 7) is 5.25. The maximum Gasteiger partial charge on any atom is 0.243 e. The monoisotopic (exact) mass is 702 g/mol. The molecule has 0 aliphatic carbocycles. The lowest BCUT2D eigenvalue weighted by molar-refractivity contribution is 0.401. The van der Waals surface area contributed by atoms with Gasteiger partial charge in [-0.15, -0.1) is 0 Å². The minimum atomic E-state index is -3.58. The quantitative estimate of drug-likeness (QED) is 0.128. The molecule has 256 valence electrons. The van der Waals surface area contributed by atoms with Crippen LogP contribution in [-0.2, 0) is 46.2 Å². The van der Waals surface area contributed by atoms with Crippen LogP contribution in [0.3, 0.4) is 0 Å². The lowest BCUT2D eigenvalue weighted by Gasteiger charge is -2.22. The molecule has 0 aliphatic rings. The van der Waals surface area contributed by atoms with E-state index in [0.717, 1.165) is 33.4 Å². The fraction of sp³-hybridized carbons (Fsp3) is 0.143. The van der Waals surface area contributed by atoms with Crippen LogP contribution in [0.4, 0.5) is 0 Å². The van der Waals surface area contributed by atoms with Crippen LogP contribution in [0.25, 0.3) is 0 Å². The molecule has 0 saturated heterocycles. The van der Waals surface area contributed by atoms with Gasteiger partial charge in [0, 0.05) is 26.2 Å². The Morgan fingerprint density at radius 2 is 0.560 bits per heavy atom. The van der Waals surface area contributed by atoms with E-state index in [9.17, 15) is 16.8 Å². The van der Waals surface area contributed by atoms with Crippen molar-refractivity contribution in [2.24, 2.45) is 0 Å². The summed E-state index contributed by atoms with van der Waals surface area (Å²) in [5, 5.41) is 0. The zero-order valence-corrected chi connectivity index (χ0v) is 30.0. The Hall–Kier alpha value is -4.86. The molecule has 50 heavy (non-hydrogen) atoms. The fourth-order valence-corrected chi connectivity index (χ4v) is 8.15. The highest BCUT2D eigenvalue weighted by Gasteiger charge is 2.26. The number of hydrogen-bond donors (Lipinski definition) is 0. The van der Waals surface area contributed by atoms with Crippen molar-refractivity contribution < 1.29 is 16.8 Å². The van der Waals surface area contributed by atoms with Gasteiger partial charge in [0.2, 0.25) is 20.0 Å². The number of hydrogen-bond acceptors (Lipinski definition) is 4. The normalized spacial score (nSPS) is 11.6. The summed E-state index contributed by atoms with van der Waals surface area (Å²) >= 11 is 0. The average molecular weight is 703 g/mol. The zero-order chi connectivity index (χ0) is 35.4. The molecule has 0 amide bonds. The molecule has 0 saturated carbocycles. The summed E-state index contributed by atoms with van der Waals surface area (Å²) in [5.41, 5.74) is 5.94. The zero-order valence-electron chi connectivity index (χ0n) is 28.3. The van der Waals surface area contributed by atoms with Gasteiger partial charge in [-0.3, -0.25) is 0 Å². The first-order valence-electron chi connectivity index (χ1n) is 16.4. The number of sulfonamides is 2. The summed E-state index contributed by atoms with van der Waals surface area (Å²) in [6, 6.07) is 52.7. The predicted octanol–water partition coefficient (Wildman–Crippen LogP) is 8.77. The molecule has 0 N–H and O–H groups in total. The number of benzene rings is 6. The molecule has 6 aromatic rings. The first-order valence-corrected chi connectivity index (χ1v) is 19.3. The third-order valence-corrected chi connectivity index (χ3v) is 11.7. The van der Waals surface area contributed by atoms with Crippen LogP contribution >= 0.6 is 0 Å². The second-order valence-corrected chi connectivity index (χ2v) is 16.0. The van der Waals surface area contributed by atoms with E-state index in [1.165, 1.54) is 8.61 Å². The van der Waals surface area contributed by atoms with Crippen molar-refractivity contribution in [3.05, 3.63) is 203 Å². The van der Waals surface area contributed by atoms with Gasteiger partial charge in [0.1, 0.15) is 0 Å². The smallest absolute Gasteiger partial charge is 0.207 e. The third-order valence-electron chi connectivity index (χ3n) is 8.12. The molecular weight excluding hydrogens is 661 g/mol. The Morgan fingerprint density at radius 1 is 0.340 bits per heavy atom. The highest BCUT2D eigenvalue weighted by molar-refractivity contribution is 7.89. The molecule has 0 aliphatic heterocycles. The minimum Gasteiger partial charge on any atom is -0.207 e. The van der Waals surface area contributed by atoms with Crippen LogP contribution in [0.15, 0.2) is 180 Å². The lowest BCUT2D eigenvalue weighted by Crippen LogP contribution is -2.30. The van der Waals surface area contributed by atoms with Gasteiger partial charge in [-0.1, -0.05) is 157 Å². The SMILES string of the molecule is Cc1ccc(S(=O)(=O)N(Cc2ccccc2)Cc2ccccc2)cc1.Cc1ccc(S(=O)(=O)N(Cc2ccccc2)Cc2ccccc2)cc1. The first kappa shape index (κ1) is 36.4. The van der Waals surface area contributed by atoms with Crippen molar-refractivity contribution in [2.75, 3.05) is 0 Å². The van der Waals surface area contributed by atoms with E-state index < -0.39 is 20.0 Å². The van der Waals surface area contributed by atoms with Crippen LogP contribution in [0, 0.1) is 13.8 Å². The molecule has 0 spiro atoms. The number of rotatable bonds is 12. The Bertz CT molecular complexity index is 1890. The lowest BCUT2D eigenvalue weighted by atomic mass is 10.2. The van der Waals surface area contributed by atoms with Crippen molar-refractivity contribution in [3.63, 3.8) is 0 Å². The number of aryl methyl sites for hydroxylation is 2. The van der Waals surface area contributed by atoms with E-state index in [0.29, 0.717) is 36.0 Å². The molecular formula is C42H42N2O4S2. The van der Waals surface area contributed by atoms with E-state index in [2.05, 4.69) is 0 Å². The van der Waals surface area contributed by atoms with Crippen LogP contribution in [-0.4, -0.2) is 25.4 Å². The molecule has 0 unspecified atom stereocenters. The van der Waals surface area contributed by atoms with Crippen molar-refractivity contribution in [1.82, 2.24) is 8.61 Å². The second kappa shape index (κ2) is 17.2. The Morgan fingerprint density at radius 3 is 0.780 bits per heavy atom.